The summed E-state index contributed by atoms with van der Waals surface area (Å²) in [6.07, 6.45) is -2.56. The fraction of sp³-hybridized carbons (Fsp3) is 0.333. The van der Waals surface area contributed by atoms with Gasteiger partial charge in [0.05, 0.1) is 4.92 Å². The van der Waals surface area contributed by atoms with Gasteiger partial charge >= 0.3 is 6.18 Å². The van der Waals surface area contributed by atoms with Gasteiger partial charge in [0, 0.05) is 17.8 Å². The van der Waals surface area contributed by atoms with Gasteiger partial charge in [-0.2, -0.15) is 13.2 Å². The van der Waals surface area contributed by atoms with Gasteiger partial charge in [-0.3, -0.25) is 10.1 Å². The maximum absolute atomic E-state index is 12.7. The molecule has 0 radical (unpaired) electrons. The van der Waals surface area contributed by atoms with Gasteiger partial charge in [-0.25, -0.2) is 0 Å². The van der Waals surface area contributed by atoms with Crippen LogP contribution in [0.25, 0.3) is 0 Å². The van der Waals surface area contributed by atoms with Crippen molar-refractivity contribution >= 4 is 11.4 Å². The Morgan fingerprint density at radius 3 is 2.63 bits per heavy atom. The van der Waals surface area contributed by atoms with Crippen LogP contribution in [0.3, 0.4) is 0 Å². The van der Waals surface area contributed by atoms with E-state index < -0.39 is 22.4 Å². The monoisotopic (exact) mass is 274 g/mol. The Kier molecular flexibility index (Phi) is 4.52. The van der Waals surface area contributed by atoms with Crippen molar-refractivity contribution in [3.8, 4) is 0 Å². The largest absolute Gasteiger partial charge is 0.423 e. The van der Waals surface area contributed by atoms with Crippen LogP contribution in [0.4, 0.5) is 24.5 Å². The van der Waals surface area contributed by atoms with Crippen molar-refractivity contribution in [2.45, 2.75) is 25.6 Å². The van der Waals surface area contributed by atoms with E-state index in [1.54, 1.807) is 13.0 Å². The summed E-state index contributed by atoms with van der Waals surface area (Å²) in [6, 6.07) is 2.75. The second-order valence-electron chi connectivity index (χ2n) is 4.06. The van der Waals surface area contributed by atoms with Gasteiger partial charge in [-0.05, 0) is 25.5 Å². The minimum Gasteiger partial charge on any atom is -0.382 e. The Balaban J connectivity index is 3.12. The lowest BCUT2D eigenvalue weighted by atomic mass is 10.1. The van der Waals surface area contributed by atoms with Crippen LogP contribution >= 0.6 is 0 Å². The van der Waals surface area contributed by atoms with Crippen LogP contribution in [0.1, 0.15) is 18.9 Å². The molecule has 4 nitrogen and oxygen atoms in total. The molecule has 0 aromatic heterocycles. The smallest absolute Gasteiger partial charge is 0.382 e. The van der Waals surface area contributed by atoms with Gasteiger partial charge in [0.1, 0.15) is 5.56 Å². The molecule has 0 heterocycles. The van der Waals surface area contributed by atoms with Crippen molar-refractivity contribution in [3.63, 3.8) is 0 Å². The second kappa shape index (κ2) is 5.73. The molecule has 0 bridgehead atoms. The fourth-order valence-electron chi connectivity index (χ4n) is 1.61. The number of anilines is 1. The number of hydrogen-bond donors (Lipinski definition) is 1. The summed E-state index contributed by atoms with van der Waals surface area (Å²) in [5.41, 5.74) is -2.02. The first-order chi connectivity index (χ1) is 8.75. The molecule has 1 rings (SSSR count). The molecule has 0 saturated heterocycles. The summed E-state index contributed by atoms with van der Waals surface area (Å²) in [5.74, 6) is 0. The van der Waals surface area contributed by atoms with E-state index in [0.717, 1.165) is 12.1 Å². The number of halogens is 3. The van der Waals surface area contributed by atoms with Gasteiger partial charge in [-0.1, -0.05) is 6.08 Å². The van der Waals surface area contributed by atoms with E-state index in [9.17, 15) is 23.3 Å². The SMILES string of the molecule is C=CCC(C)Nc1ccc([N+](=O)[O-])c(C(F)(F)F)c1. The Labute approximate surface area is 108 Å². The molecule has 0 aliphatic carbocycles. The van der Waals surface area contributed by atoms with E-state index in [1.807, 2.05) is 0 Å². The zero-order chi connectivity index (χ0) is 14.6. The molecule has 1 N–H and O–H groups in total. The van der Waals surface area contributed by atoms with Crippen molar-refractivity contribution in [1.82, 2.24) is 0 Å². The minimum absolute atomic E-state index is 0.111. The van der Waals surface area contributed by atoms with E-state index >= 15 is 0 Å². The number of rotatable bonds is 5. The predicted molar refractivity (Wildman–Crippen MR) is 66.0 cm³/mol. The van der Waals surface area contributed by atoms with E-state index in [4.69, 9.17) is 0 Å². The third-order valence-corrected chi connectivity index (χ3v) is 2.43. The molecule has 0 fully saturated rings. The van der Waals surface area contributed by atoms with Crippen molar-refractivity contribution in [3.05, 3.63) is 46.5 Å². The van der Waals surface area contributed by atoms with Crippen molar-refractivity contribution in [1.29, 1.82) is 0 Å². The van der Waals surface area contributed by atoms with Crippen molar-refractivity contribution in [2.75, 3.05) is 5.32 Å². The summed E-state index contributed by atoms with van der Waals surface area (Å²) in [7, 11) is 0. The van der Waals surface area contributed by atoms with Crippen molar-refractivity contribution < 1.29 is 18.1 Å². The van der Waals surface area contributed by atoms with Crippen LogP contribution in [-0.4, -0.2) is 11.0 Å². The quantitative estimate of drug-likeness (QED) is 0.501. The number of alkyl halides is 3. The molecule has 1 atom stereocenters. The molecular weight excluding hydrogens is 261 g/mol. The summed E-state index contributed by atoms with van der Waals surface area (Å²) in [5, 5.41) is 13.4. The van der Waals surface area contributed by atoms with Crippen LogP contribution in [-0.2, 0) is 6.18 Å². The molecule has 0 amide bonds. The predicted octanol–water partition coefficient (Wildman–Crippen LogP) is 3.99. The van der Waals surface area contributed by atoms with Crippen LogP contribution in [0.2, 0.25) is 0 Å². The highest BCUT2D eigenvalue weighted by molar-refractivity contribution is 5.55. The first-order valence-corrected chi connectivity index (χ1v) is 5.48. The maximum Gasteiger partial charge on any atom is 0.423 e. The molecule has 19 heavy (non-hydrogen) atoms. The molecule has 0 saturated carbocycles. The number of nitrogens with one attached hydrogen (secondary N) is 1. The molecular formula is C12H13F3N2O2. The number of nitro benzene ring substituents is 1. The second-order valence-corrected chi connectivity index (χ2v) is 4.06. The van der Waals surface area contributed by atoms with E-state index in [-0.39, 0.29) is 11.7 Å². The standard InChI is InChI=1S/C12H13F3N2O2/c1-3-4-8(2)16-9-5-6-11(17(18)19)10(7-9)12(13,14)15/h3,5-8,16H,1,4H2,2H3. The zero-order valence-electron chi connectivity index (χ0n) is 10.2. The molecule has 0 spiro atoms. The summed E-state index contributed by atoms with van der Waals surface area (Å²) in [6.45, 7) is 5.30. The Morgan fingerprint density at radius 1 is 1.53 bits per heavy atom. The highest BCUT2D eigenvalue weighted by Crippen LogP contribution is 2.37. The van der Waals surface area contributed by atoms with Gasteiger partial charge in [-0.15, -0.1) is 6.58 Å². The lowest BCUT2D eigenvalue weighted by Gasteiger charge is -2.15. The molecule has 1 aromatic carbocycles. The van der Waals surface area contributed by atoms with Gasteiger partial charge in [0.25, 0.3) is 5.69 Å². The molecule has 1 aromatic rings. The highest BCUT2D eigenvalue weighted by atomic mass is 19.4. The first kappa shape index (κ1) is 15.0. The van der Waals surface area contributed by atoms with E-state index in [0.29, 0.717) is 6.42 Å². The summed E-state index contributed by atoms with van der Waals surface area (Å²) >= 11 is 0. The fourth-order valence-corrected chi connectivity index (χ4v) is 1.61. The van der Waals surface area contributed by atoms with Gasteiger partial charge in [0.2, 0.25) is 0 Å². The number of nitro groups is 1. The molecule has 7 heteroatoms. The minimum atomic E-state index is -4.76. The Bertz CT molecular complexity index is 486. The average Bonchev–Trinajstić information content (AvgIpc) is 2.27. The van der Waals surface area contributed by atoms with E-state index in [1.165, 1.54) is 6.07 Å². The number of benzene rings is 1. The zero-order valence-corrected chi connectivity index (χ0v) is 10.2. The third kappa shape index (κ3) is 3.97. The summed E-state index contributed by atoms with van der Waals surface area (Å²) in [4.78, 5) is 9.53. The highest BCUT2D eigenvalue weighted by Gasteiger charge is 2.38. The van der Waals surface area contributed by atoms with Crippen LogP contribution in [0.15, 0.2) is 30.9 Å². The summed E-state index contributed by atoms with van der Waals surface area (Å²) < 4.78 is 38.2. The van der Waals surface area contributed by atoms with Crippen LogP contribution in [0, 0.1) is 10.1 Å². The van der Waals surface area contributed by atoms with Crippen LogP contribution in [0.5, 0.6) is 0 Å². The van der Waals surface area contributed by atoms with Crippen LogP contribution < -0.4 is 5.32 Å². The molecule has 1 unspecified atom stereocenters. The normalized spacial score (nSPS) is 12.8. The van der Waals surface area contributed by atoms with Gasteiger partial charge < -0.3 is 5.32 Å². The Morgan fingerprint density at radius 2 is 2.16 bits per heavy atom. The lowest BCUT2D eigenvalue weighted by Crippen LogP contribution is -2.15. The molecule has 0 aliphatic heterocycles. The van der Waals surface area contributed by atoms with Gasteiger partial charge in [0.15, 0.2) is 0 Å². The molecule has 104 valence electrons. The molecule has 0 aliphatic rings. The average molecular weight is 274 g/mol. The van der Waals surface area contributed by atoms with Crippen molar-refractivity contribution in [2.24, 2.45) is 0 Å². The van der Waals surface area contributed by atoms with E-state index in [2.05, 4.69) is 11.9 Å². The first-order valence-electron chi connectivity index (χ1n) is 5.48. The topological polar surface area (TPSA) is 55.2 Å². The third-order valence-electron chi connectivity index (χ3n) is 2.43. The maximum atomic E-state index is 12.7. The lowest BCUT2D eigenvalue weighted by molar-refractivity contribution is -0.388. The number of hydrogen-bond acceptors (Lipinski definition) is 3. The Hall–Kier alpha value is -2.05. The number of nitrogens with zero attached hydrogens (tertiary/aromatic N) is 1.